The van der Waals surface area contributed by atoms with E-state index in [2.05, 4.69) is 44.6 Å². The van der Waals surface area contributed by atoms with Crippen molar-refractivity contribution in [3.05, 3.63) is 41.9 Å². The summed E-state index contributed by atoms with van der Waals surface area (Å²) in [4.78, 5) is 14.4. The van der Waals surface area contributed by atoms with Crippen molar-refractivity contribution in [2.24, 2.45) is 13.0 Å². The predicted octanol–water partition coefficient (Wildman–Crippen LogP) is 2.97. The van der Waals surface area contributed by atoms with E-state index in [1.54, 1.807) is 25.4 Å². The number of anilines is 1. The Morgan fingerprint density at radius 3 is 2.89 bits per heavy atom. The van der Waals surface area contributed by atoms with Gasteiger partial charge >= 0.3 is 5.51 Å². The minimum atomic E-state index is -4.49. The van der Waals surface area contributed by atoms with Gasteiger partial charge in [0, 0.05) is 31.9 Å². The molecule has 8 nitrogen and oxygen atoms in total. The number of aromatic nitrogens is 4. The summed E-state index contributed by atoms with van der Waals surface area (Å²) in [5.41, 5.74) is -3.80. The molecule has 0 radical (unpaired) electrons. The maximum absolute atomic E-state index is 13.4. The minimum Gasteiger partial charge on any atom is -0.364 e. The number of pyridine rings is 1. The van der Waals surface area contributed by atoms with Gasteiger partial charge in [0.1, 0.15) is 11.5 Å². The Hall–Kier alpha value is -3.17. The molecule has 5 rings (SSSR count). The Morgan fingerprint density at radius 2 is 2.17 bits per heavy atom. The molecule has 184 valence electrons. The van der Waals surface area contributed by atoms with E-state index in [1.807, 2.05) is 6.07 Å². The fourth-order valence-electron chi connectivity index (χ4n) is 4.59. The third-order valence-corrected chi connectivity index (χ3v) is 7.26. The summed E-state index contributed by atoms with van der Waals surface area (Å²) in [7, 11) is 3.79. The van der Waals surface area contributed by atoms with Crippen molar-refractivity contribution in [2.75, 3.05) is 32.0 Å². The lowest BCUT2D eigenvalue weighted by molar-refractivity contribution is -0.0327. The summed E-state index contributed by atoms with van der Waals surface area (Å²) in [5.74, 6) is 6.24. The zero-order valence-electron chi connectivity index (χ0n) is 19.2. The number of likely N-dealkylation sites (tertiary alicyclic amines) is 1. The number of aryl methyl sites for hydroxylation is 1. The van der Waals surface area contributed by atoms with Crippen LogP contribution >= 0.6 is 11.8 Å². The van der Waals surface area contributed by atoms with Crippen LogP contribution in [0.25, 0.3) is 5.52 Å². The van der Waals surface area contributed by atoms with Crippen LogP contribution in [0.2, 0.25) is 0 Å². The summed E-state index contributed by atoms with van der Waals surface area (Å²) in [6.07, 6.45) is 4.99. The fourth-order valence-corrected chi connectivity index (χ4v) is 5.27. The van der Waals surface area contributed by atoms with Gasteiger partial charge in [0.05, 0.1) is 28.7 Å². The van der Waals surface area contributed by atoms with E-state index in [0.717, 1.165) is 25.9 Å². The van der Waals surface area contributed by atoms with Crippen LogP contribution in [0.15, 0.2) is 35.5 Å². The first-order valence-corrected chi connectivity index (χ1v) is 12.0. The Morgan fingerprint density at radius 1 is 1.34 bits per heavy atom. The molecule has 1 amide bonds. The first-order chi connectivity index (χ1) is 16.6. The molecule has 1 aliphatic heterocycles. The normalized spacial score (nSPS) is 21.8. The Balaban J connectivity index is 1.40. The fraction of sp³-hybridized carbons (Fsp3) is 0.435. The highest BCUT2D eigenvalue weighted by Crippen LogP contribution is 2.51. The van der Waals surface area contributed by atoms with E-state index in [1.165, 1.54) is 15.4 Å². The number of rotatable bonds is 5. The third-order valence-electron chi connectivity index (χ3n) is 6.42. The molecule has 35 heavy (non-hydrogen) atoms. The van der Waals surface area contributed by atoms with Crippen LogP contribution in [0.5, 0.6) is 0 Å². The maximum Gasteiger partial charge on any atom is 0.446 e. The van der Waals surface area contributed by atoms with E-state index in [0.29, 0.717) is 22.8 Å². The van der Waals surface area contributed by atoms with Crippen molar-refractivity contribution < 1.29 is 18.0 Å². The summed E-state index contributed by atoms with van der Waals surface area (Å²) < 4.78 is 43.1. The van der Waals surface area contributed by atoms with Gasteiger partial charge in [-0.1, -0.05) is 12.0 Å². The number of carbonyl (C=O) groups excluding carboxylic acids is 1. The number of carbonyl (C=O) groups is 1. The standard InChI is InChI=1S/C23H24F3N7OS/c1-31-10-8-22(11-16(22)14-31)29-19-7-3-6-18-20(35-23(24,25)26)17(30-33(18)19)5-4-9-27-21(34)15-12-28-32(2)13-15/h3,6-7,12-13,16,29H,8-11,14H2,1-2H3,(H,27,34)/t16-,22+/m1/s1. The zero-order chi connectivity index (χ0) is 24.8. The number of fused-ring (bicyclic) bond motifs is 2. The number of hydrogen-bond donors (Lipinski definition) is 2. The molecule has 0 aromatic carbocycles. The quantitative estimate of drug-likeness (QED) is 0.412. The minimum absolute atomic E-state index is 0.0189. The Labute approximate surface area is 204 Å². The lowest BCUT2D eigenvalue weighted by Crippen LogP contribution is -2.39. The molecule has 2 fully saturated rings. The first-order valence-electron chi connectivity index (χ1n) is 11.1. The van der Waals surface area contributed by atoms with Gasteiger partial charge in [0.15, 0.2) is 0 Å². The highest BCUT2D eigenvalue weighted by atomic mass is 32.2. The number of nitrogens with zero attached hydrogens (tertiary/aromatic N) is 5. The van der Waals surface area contributed by atoms with E-state index in [-0.39, 0.29) is 40.3 Å². The van der Waals surface area contributed by atoms with Gasteiger partial charge in [-0.3, -0.25) is 9.48 Å². The largest absolute Gasteiger partial charge is 0.446 e. The highest BCUT2D eigenvalue weighted by molar-refractivity contribution is 8.00. The molecule has 12 heteroatoms. The first kappa shape index (κ1) is 23.6. The van der Waals surface area contributed by atoms with E-state index in [9.17, 15) is 18.0 Å². The molecule has 4 heterocycles. The van der Waals surface area contributed by atoms with Gasteiger partial charge in [0.2, 0.25) is 0 Å². The van der Waals surface area contributed by atoms with Gasteiger partial charge < -0.3 is 15.5 Å². The Bertz CT molecular complexity index is 1340. The van der Waals surface area contributed by atoms with Gasteiger partial charge in [-0.25, -0.2) is 4.52 Å². The molecule has 2 atom stereocenters. The summed E-state index contributed by atoms with van der Waals surface area (Å²) in [6.45, 7) is 1.93. The lowest BCUT2D eigenvalue weighted by atomic mass is 10.1. The number of halogens is 3. The second-order valence-corrected chi connectivity index (χ2v) is 10.1. The van der Waals surface area contributed by atoms with E-state index in [4.69, 9.17) is 0 Å². The predicted molar refractivity (Wildman–Crippen MR) is 126 cm³/mol. The van der Waals surface area contributed by atoms with Gasteiger partial charge in [0.25, 0.3) is 5.91 Å². The molecule has 0 spiro atoms. The van der Waals surface area contributed by atoms with Crippen molar-refractivity contribution in [1.82, 2.24) is 29.6 Å². The molecule has 3 aromatic rings. The van der Waals surface area contributed by atoms with Crippen LogP contribution < -0.4 is 10.6 Å². The van der Waals surface area contributed by atoms with E-state index >= 15 is 0 Å². The zero-order valence-corrected chi connectivity index (χ0v) is 20.0. The lowest BCUT2D eigenvalue weighted by Gasteiger charge is -2.30. The molecule has 1 saturated heterocycles. The number of amides is 1. The molecule has 0 bridgehead atoms. The van der Waals surface area contributed by atoms with Crippen molar-refractivity contribution in [2.45, 2.75) is 28.8 Å². The van der Waals surface area contributed by atoms with Crippen molar-refractivity contribution in [3.8, 4) is 11.8 Å². The molecule has 1 aliphatic carbocycles. The van der Waals surface area contributed by atoms with Crippen LogP contribution in [-0.4, -0.2) is 67.9 Å². The smallest absolute Gasteiger partial charge is 0.364 e. The maximum atomic E-state index is 13.4. The number of thioether (sulfide) groups is 1. The number of nitrogens with one attached hydrogen (secondary N) is 2. The summed E-state index contributed by atoms with van der Waals surface area (Å²) >= 11 is -0.227. The summed E-state index contributed by atoms with van der Waals surface area (Å²) in [5, 5.41) is 14.6. The molecule has 0 unspecified atom stereocenters. The molecule has 2 N–H and O–H groups in total. The van der Waals surface area contributed by atoms with Crippen LogP contribution in [0.1, 0.15) is 28.9 Å². The Kier molecular flexibility index (Phi) is 5.93. The van der Waals surface area contributed by atoms with Crippen LogP contribution in [0.4, 0.5) is 19.0 Å². The molecule has 3 aromatic heterocycles. The van der Waals surface area contributed by atoms with Gasteiger partial charge in [-0.05, 0) is 55.6 Å². The van der Waals surface area contributed by atoms with Gasteiger partial charge in [-0.2, -0.15) is 23.4 Å². The SMILES string of the molecule is CN1CC[C@]2(Nc3cccc4c(SC(F)(F)F)c(C#CCNC(=O)c5cnn(C)c5)nn34)C[C@@H]2C1. The van der Waals surface area contributed by atoms with E-state index < -0.39 is 5.51 Å². The van der Waals surface area contributed by atoms with Crippen LogP contribution in [-0.2, 0) is 7.05 Å². The van der Waals surface area contributed by atoms with Crippen molar-refractivity contribution in [1.29, 1.82) is 0 Å². The molecule has 1 saturated carbocycles. The van der Waals surface area contributed by atoms with Crippen molar-refractivity contribution in [3.63, 3.8) is 0 Å². The number of hydrogen-bond acceptors (Lipinski definition) is 6. The molecular weight excluding hydrogens is 479 g/mol. The second kappa shape index (κ2) is 8.80. The number of alkyl halides is 3. The third kappa shape index (κ3) is 4.97. The second-order valence-electron chi connectivity index (χ2n) is 9.02. The monoisotopic (exact) mass is 503 g/mol. The van der Waals surface area contributed by atoms with Crippen LogP contribution in [0, 0.1) is 17.8 Å². The highest BCUT2D eigenvalue weighted by Gasteiger charge is 2.56. The van der Waals surface area contributed by atoms with Gasteiger partial charge in [-0.15, -0.1) is 0 Å². The molecular formula is C23H24F3N7OS. The van der Waals surface area contributed by atoms with Crippen LogP contribution in [0.3, 0.4) is 0 Å². The topological polar surface area (TPSA) is 79.5 Å². The van der Waals surface area contributed by atoms with Crippen molar-refractivity contribution >= 4 is 29.0 Å². The average molecular weight is 504 g/mol. The average Bonchev–Trinajstić information content (AvgIpc) is 3.11. The number of piperidine rings is 1. The summed E-state index contributed by atoms with van der Waals surface area (Å²) in [6, 6.07) is 5.17. The molecule has 2 aliphatic rings.